The monoisotopic (exact) mass is 310 g/mol. The van der Waals surface area contributed by atoms with Gasteiger partial charge >= 0.3 is 0 Å². The lowest BCUT2D eigenvalue weighted by molar-refractivity contribution is -0.120. The summed E-state index contributed by atoms with van der Waals surface area (Å²) in [5.74, 6) is 0.0287. The van der Waals surface area contributed by atoms with E-state index in [1.54, 1.807) is 18.4 Å². The van der Waals surface area contributed by atoms with Crippen LogP contribution in [-0.4, -0.2) is 24.2 Å². The topological polar surface area (TPSA) is 43.6 Å². The number of nitrogens with zero attached hydrogens (tertiary/aromatic N) is 2. The largest absolute Gasteiger partial charge is 0.383 e. The number of ether oxygens (including phenoxy) is 1. The first-order chi connectivity index (χ1) is 9.64. The lowest BCUT2D eigenvalue weighted by Gasteiger charge is -2.05. The summed E-state index contributed by atoms with van der Waals surface area (Å²) in [6, 6.07) is 0. The molecule has 1 fully saturated rings. The van der Waals surface area contributed by atoms with Crippen LogP contribution >= 0.6 is 11.3 Å². The maximum atomic E-state index is 12.5. The normalized spacial score (nSPS) is 20.8. The average Bonchev–Trinajstić information content (AvgIpc) is 2.62. The van der Waals surface area contributed by atoms with Crippen molar-refractivity contribution in [1.29, 1.82) is 0 Å². The molecule has 0 bridgehead atoms. The molecule has 0 radical (unpaired) electrons. The summed E-state index contributed by atoms with van der Waals surface area (Å²) in [7, 11) is 1.69. The summed E-state index contributed by atoms with van der Waals surface area (Å²) in [5.41, 5.74) is 1.23. The summed E-state index contributed by atoms with van der Waals surface area (Å²) in [4.78, 5) is 19.0. The van der Waals surface area contributed by atoms with Crippen LogP contribution in [0, 0.1) is 30.6 Å². The molecule has 0 atom stereocenters. The van der Waals surface area contributed by atoms with Crippen molar-refractivity contribution in [3.8, 4) is 0 Å². The van der Waals surface area contributed by atoms with E-state index < -0.39 is 0 Å². The molecule has 0 unspecified atom stereocenters. The van der Waals surface area contributed by atoms with Crippen LogP contribution in [0.15, 0.2) is 4.99 Å². The summed E-state index contributed by atoms with van der Waals surface area (Å²) in [5, 5.41) is 0. The van der Waals surface area contributed by atoms with E-state index >= 15 is 0 Å². The number of methoxy groups -OCH3 is 1. The molecule has 1 aromatic rings. The molecule has 118 valence electrons. The maximum absolute atomic E-state index is 12.5. The molecule has 4 nitrogen and oxygen atoms in total. The molecule has 1 heterocycles. The Morgan fingerprint density at radius 2 is 1.86 bits per heavy atom. The van der Waals surface area contributed by atoms with Gasteiger partial charge in [-0.1, -0.05) is 27.7 Å². The third kappa shape index (κ3) is 2.61. The van der Waals surface area contributed by atoms with Crippen LogP contribution in [0.4, 0.5) is 0 Å². The van der Waals surface area contributed by atoms with Crippen molar-refractivity contribution in [1.82, 2.24) is 4.57 Å². The van der Waals surface area contributed by atoms with E-state index in [4.69, 9.17) is 4.74 Å². The van der Waals surface area contributed by atoms with Gasteiger partial charge in [-0.15, -0.1) is 11.3 Å². The van der Waals surface area contributed by atoms with Crippen molar-refractivity contribution in [2.45, 2.75) is 48.1 Å². The van der Waals surface area contributed by atoms with Gasteiger partial charge in [0.25, 0.3) is 5.91 Å². The van der Waals surface area contributed by atoms with E-state index in [0.717, 1.165) is 17.0 Å². The second-order valence-corrected chi connectivity index (χ2v) is 8.18. The first-order valence-electron chi connectivity index (χ1n) is 7.39. The van der Waals surface area contributed by atoms with Crippen LogP contribution in [0.5, 0.6) is 0 Å². The van der Waals surface area contributed by atoms with Gasteiger partial charge in [0.2, 0.25) is 0 Å². The number of carbonyl (C=O) groups excluding carboxylic acids is 1. The Balaban J connectivity index is 2.34. The van der Waals surface area contributed by atoms with Gasteiger partial charge in [-0.2, -0.15) is 4.99 Å². The Kier molecular flexibility index (Phi) is 4.19. The fourth-order valence-electron chi connectivity index (χ4n) is 3.10. The Morgan fingerprint density at radius 1 is 1.29 bits per heavy atom. The van der Waals surface area contributed by atoms with Crippen LogP contribution in [0.25, 0.3) is 0 Å². The number of hydrogen-bond donors (Lipinski definition) is 0. The molecule has 0 aliphatic heterocycles. The SMILES string of the molecule is COCCn1c(C)c(C)s/c1=N\C(=O)C1C(C)(C)C1(C)C. The predicted molar refractivity (Wildman–Crippen MR) is 85.3 cm³/mol. The Bertz CT molecular complexity index is 609. The number of hydrogen-bond acceptors (Lipinski definition) is 3. The van der Waals surface area contributed by atoms with Crippen LogP contribution in [0.2, 0.25) is 0 Å². The van der Waals surface area contributed by atoms with Crippen molar-refractivity contribution in [2.75, 3.05) is 13.7 Å². The third-order valence-electron chi connectivity index (χ3n) is 5.38. The molecule has 0 saturated heterocycles. The van der Waals surface area contributed by atoms with Gasteiger partial charge in [-0.25, -0.2) is 0 Å². The van der Waals surface area contributed by atoms with Crippen LogP contribution in [-0.2, 0) is 16.1 Å². The molecule has 1 saturated carbocycles. The Morgan fingerprint density at radius 3 is 2.33 bits per heavy atom. The van der Waals surface area contributed by atoms with Gasteiger partial charge in [0.05, 0.1) is 12.5 Å². The minimum atomic E-state index is 0.0115. The molecule has 0 N–H and O–H groups in total. The fraction of sp³-hybridized carbons (Fsp3) is 0.750. The van der Waals surface area contributed by atoms with E-state index in [1.807, 2.05) is 0 Å². The number of carbonyl (C=O) groups is 1. The second-order valence-electron chi connectivity index (χ2n) is 7.00. The van der Waals surface area contributed by atoms with Gasteiger partial charge in [0, 0.05) is 24.2 Å². The van der Waals surface area contributed by atoms with Crippen molar-refractivity contribution in [3.05, 3.63) is 15.4 Å². The number of thiazole rings is 1. The van der Waals surface area contributed by atoms with Gasteiger partial charge in [-0.05, 0) is 24.7 Å². The van der Waals surface area contributed by atoms with E-state index in [9.17, 15) is 4.79 Å². The lowest BCUT2D eigenvalue weighted by Crippen LogP contribution is -2.21. The van der Waals surface area contributed by atoms with Crippen LogP contribution in [0.3, 0.4) is 0 Å². The molecule has 0 spiro atoms. The number of aromatic nitrogens is 1. The molecule has 5 heteroatoms. The number of aryl methyl sites for hydroxylation is 1. The summed E-state index contributed by atoms with van der Waals surface area (Å²) < 4.78 is 7.24. The molecule has 2 rings (SSSR count). The maximum Gasteiger partial charge on any atom is 0.252 e. The molecular formula is C16H26N2O2S. The molecule has 1 amide bonds. The fourth-order valence-corrected chi connectivity index (χ4v) is 4.11. The highest BCUT2D eigenvalue weighted by Gasteiger charge is 2.68. The van der Waals surface area contributed by atoms with Gasteiger partial charge in [-0.3, -0.25) is 4.79 Å². The average molecular weight is 310 g/mol. The summed E-state index contributed by atoms with van der Waals surface area (Å²) in [6.45, 7) is 14.1. The smallest absolute Gasteiger partial charge is 0.252 e. The highest BCUT2D eigenvalue weighted by Crippen LogP contribution is 2.68. The second kappa shape index (κ2) is 5.36. The zero-order valence-corrected chi connectivity index (χ0v) is 14.9. The van der Waals surface area contributed by atoms with Crippen molar-refractivity contribution in [2.24, 2.45) is 21.7 Å². The number of rotatable bonds is 4. The third-order valence-corrected chi connectivity index (χ3v) is 6.48. The van der Waals surface area contributed by atoms with E-state index in [2.05, 4.69) is 51.1 Å². The van der Waals surface area contributed by atoms with E-state index in [0.29, 0.717) is 6.61 Å². The van der Waals surface area contributed by atoms with Crippen molar-refractivity contribution < 1.29 is 9.53 Å². The van der Waals surface area contributed by atoms with Gasteiger partial charge in [0.15, 0.2) is 4.80 Å². The van der Waals surface area contributed by atoms with Gasteiger partial charge in [0.1, 0.15) is 0 Å². The molecule has 0 aromatic carbocycles. The molecule has 1 aliphatic rings. The molecular weight excluding hydrogens is 284 g/mol. The predicted octanol–water partition coefficient (Wildman–Crippen LogP) is 2.92. The summed E-state index contributed by atoms with van der Waals surface area (Å²) >= 11 is 1.59. The highest BCUT2D eigenvalue weighted by molar-refractivity contribution is 7.09. The highest BCUT2D eigenvalue weighted by atomic mass is 32.1. The quantitative estimate of drug-likeness (QED) is 0.858. The number of amides is 1. The van der Waals surface area contributed by atoms with Crippen LogP contribution < -0.4 is 4.80 Å². The standard InChI is InChI=1S/C16H26N2O2S/c1-10-11(2)21-14(18(10)8-9-20-7)17-13(19)12-15(3,4)16(12,5)6/h12H,8-9H2,1-7H3/b17-14-. The first kappa shape index (κ1) is 16.4. The van der Waals surface area contributed by atoms with Crippen LogP contribution in [0.1, 0.15) is 38.3 Å². The molecule has 21 heavy (non-hydrogen) atoms. The zero-order valence-electron chi connectivity index (χ0n) is 14.1. The molecule has 1 aromatic heterocycles. The Hall–Kier alpha value is -0.940. The van der Waals surface area contributed by atoms with Gasteiger partial charge < -0.3 is 9.30 Å². The molecule has 1 aliphatic carbocycles. The lowest BCUT2D eigenvalue weighted by atomic mass is 10.0. The zero-order chi connectivity index (χ0) is 16.0. The minimum Gasteiger partial charge on any atom is -0.383 e. The summed E-state index contributed by atoms with van der Waals surface area (Å²) in [6.07, 6.45) is 0. The van der Waals surface area contributed by atoms with E-state index in [-0.39, 0.29) is 22.7 Å². The Labute approximate surface area is 130 Å². The van der Waals surface area contributed by atoms with E-state index in [1.165, 1.54) is 4.88 Å². The van der Waals surface area contributed by atoms with Crippen molar-refractivity contribution >= 4 is 17.2 Å². The minimum absolute atomic E-state index is 0.0115. The van der Waals surface area contributed by atoms with Crippen molar-refractivity contribution in [3.63, 3.8) is 0 Å². The first-order valence-corrected chi connectivity index (χ1v) is 8.20.